The molecule has 3 unspecified atom stereocenters. The van der Waals surface area contributed by atoms with E-state index >= 15 is 0 Å². The molecule has 0 spiro atoms. The van der Waals surface area contributed by atoms with E-state index in [9.17, 15) is 27.5 Å². The molecule has 1 aliphatic heterocycles. The minimum atomic E-state index is -3.08. The number of aliphatic carboxylic acids is 1. The van der Waals surface area contributed by atoms with Gasteiger partial charge in [0.25, 0.3) is 0 Å². The molecule has 296 valence electrons. The van der Waals surface area contributed by atoms with Crippen molar-refractivity contribution in [1.29, 1.82) is 0 Å². The van der Waals surface area contributed by atoms with E-state index in [1.165, 1.54) is 42.4 Å². The van der Waals surface area contributed by atoms with Crippen LogP contribution in [0.15, 0.2) is 35.5 Å². The standard InChI is InChI=1S/C44H67FN2O5S/c1-29(2)31-13-20-44(46-27-36(48)47-23-8-25-53(51,52)26-24-47)22-21-41(6)33(37(31)44)9-10-35-40(5)16-14-32(39(3,4)34(40)15-17-42(35,41)7)30-11-18-43(28-45,19-12-30)38(49)50/h11,14,31,33-35,37,46H,1,8-10,12-13,15-28H2,2-7H3,(H,49,50)/t31-,33+,34?,35?,37?,40-,41+,42+,43-,44-/m0/s1. The molecule has 0 aromatic heterocycles. The quantitative estimate of drug-likeness (QED) is 0.254. The normalized spacial score (nSPS) is 44.6. The Morgan fingerprint density at radius 2 is 1.68 bits per heavy atom. The number of rotatable bonds is 7. The molecule has 2 N–H and O–H groups in total. The Morgan fingerprint density at radius 3 is 2.34 bits per heavy atom. The van der Waals surface area contributed by atoms with Crippen LogP contribution >= 0.6 is 0 Å². The molecule has 0 bridgehead atoms. The van der Waals surface area contributed by atoms with Crippen LogP contribution in [0, 0.1) is 56.7 Å². The molecule has 9 heteroatoms. The number of nitrogens with one attached hydrogen (secondary N) is 1. The Bertz CT molecular complexity index is 1700. The van der Waals surface area contributed by atoms with E-state index in [0.29, 0.717) is 61.9 Å². The van der Waals surface area contributed by atoms with E-state index in [1.54, 1.807) is 4.90 Å². The number of hydrogen-bond acceptors (Lipinski definition) is 5. The highest BCUT2D eigenvalue weighted by Crippen LogP contribution is 2.76. The molecule has 10 atom stereocenters. The van der Waals surface area contributed by atoms with Gasteiger partial charge >= 0.3 is 5.97 Å². The first-order valence-corrected chi connectivity index (χ1v) is 22.7. The SMILES string of the molecule is C=C(C)[C@@H]1CC[C@]2(NCC(=O)N3CCCS(=O)(=O)CC3)CC[C@]3(C)[C@H](CCC4[C@@]5(C)CC=C(C6=CC[C@](CF)(C(=O)O)CC6)C(C)(C)C5CC[C@]43C)C12. The van der Waals surface area contributed by atoms with E-state index in [1.807, 2.05) is 0 Å². The lowest BCUT2D eigenvalue weighted by Crippen LogP contribution is -2.68. The average Bonchev–Trinajstić information content (AvgIpc) is 3.39. The Balaban J connectivity index is 1.14. The van der Waals surface area contributed by atoms with E-state index in [0.717, 1.165) is 32.1 Å². The van der Waals surface area contributed by atoms with Crippen LogP contribution in [0.25, 0.3) is 0 Å². The zero-order valence-corrected chi connectivity index (χ0v) is 34.3. The monoisotopic (exact) mass is 754 g/mol. The van der Waals surface area contributed by atoms with Crippen molar-refractivity contribution in [3.8, 4) is 0 Å². The van der Waals surface area contributed by atoms with Gasteiger partial charge in [-0.05, 0) is 153 Å². The number of carbonyl (C=O) groups excluding carboxylic acids is 1. The fourth-order valence-corrected chi connectivity index (χ4v) is 15.9. The van der Waals surface area contributed by atoms with Crippen molar-refractivity contribution in [3.63, 3.8) is 0 Å². The predicted octanol–water partition coefficient (Wildman–Crippen LogP) is 8.32. The fraction of sp³-hybridized carbons (Fsp3) is 0.818. The van der Waals surface area contributed by atoms with Gasteiger partial charge in [-0.2, -0.15) is 0 Å². The smallest absolute Gasteiger partial charge is 0.312 e. The van der Waals surface area contributed by atoms with Gasteiger partial charge in [0.1, 0.15) is 6.67 Å². The van der Waals surface area contributed by atoms with Gasteiger partial charge in [0, 0.05) is 18.6 Å². The van der Waals surface area contributed by atoms with Gasteiger partial charge in [0.15, 0.2) is 9.84 Å². The first-order valence-electron chi connectivity index (χ1n) is 20.9. The van der Waals surface area contributed by atoms with Crippen LogP contribution in [0.4, 0.5) is 4.39 Å². The molecule has 5 fully saturated rings. The first-order chi connectivity index (χ1) is 24.8. The van der Waals surface area contributed by atoms with Crippen molar-refractivity contribution in [2.24, 2.45) is 56.7 Å². The van der Waals surface area contributed by atoms with Crippen LogP contribution < -0.4 is 5.32 Å². The number of halogens is 1. The average molecular weight is 755 g/mol. The van der Waals surface area contributed by atoms with Crippen molar-refractivity contribution < 1.29 is 27.5 Å². The maximum absolute atomic E-state index is 14.0. The molecular weight excluding hydrogens is 688 g/mol. The largest absolute Gasteiger partial charge is 0.481 e. The molecule has 53 heavy (non-hydrogen) atoms. The molecule has 1 saturated heterocycles. The van der Waals surface area contributed by atoms with Crippen molar-refractivity contribution in [3.05, 3.63) is 35.5 Å². The van der Waals surface area contributed by atoms with Crippen LogP contribution in [0.3, 0.4) is 0 Å². The third kappa shape index (κ3) is 5.96. The Kier molecular flexibility index (Phi) is 9.85. The first kappa shape index (κ1) is 39.2. The Labute approximate surface area is 319 Å². The zero-order valence-electron chi connectivity index (χ0n) is 33.5. The minimum absolute atomic E-state index is 0.0317. The molecule has 7 aliphatic rings. The summed E-state index contributed by atoms with van der Waals surface area (Å²) in [6.07, 6.45) is 16.5. The van der Waals surface area contributed by atoms with E-state index < -0.39 is 27.9 Å². The number of amides is 1. The van der Waals surface area contributed by atoms with Crippen molar-refractivity contribution in [2.45, 2.75) is 131 Å². The number of nitrogens with zero attached hydrogens (tertiary/aromatic N) is 1. The van der Waals surface area contributed by atoms with Gasteiger partial charge in [-0.1, -0.05) is 58.9 Å². The lowest BCUT2D eigenvalue weighted by atomic mass is 9.33. The number of carboxylic acids is 1. The topological polar surface area (TPSA) is 104 Å². The lowest BCUT2D eigenvalue weighted by Gasteiger charge is -2.72. The van der Waals surface area contributed by atoms with Gasteiger partial charge < -0.3 is 15.3 Å². The number of sulfone groups is 1. The molecule has 0 radical (unpaired) electrons. The number of alkyl halides is 1. The third-order valence-electron chi connectivity index (χ3n) is 17.8. The summed E-state index contributed by atoms with van der Waals surface area (Å²) in [5, 5.41) is 13.7. The maximum Gasteiger partial charge on any atom is 0.312 e. The highest BCUT2D eigenvalue weighted by atomic mass is 32.2. The second-order valence-corrected chi connectivity index (χ2v) is 22.6. The predicted molar refractivity (Wildman–Crippen MR) is 209 cm³/mol. The van der Waals surface area contributed by atoms with Gasteiger partial charge in [-0.15, -0.1) is 0 Å². The third-order valence-corrected chi connectivity index (χ3v) is 19.5. The van der Waals surface area contributed by atoms with Crippen LogP contribution in [0.2, 0.25) is 0 Å². The van der Waals surface area contributed by atoms with Crippen LogP contribution in [-0.4, -0.2) is 73.7 Å². The summed E-state index contributed by atoms with van der Waals surface area (Å²) in [6, 6.07) is 0. The van der Waals surface area contributed by atoms with E-state index in [-0.39, 0.29) is 57.6 Å². The van der Waals surface area contributed by atoms with Gasteiger partial charge in [0.05, 0.1) is 23.5 Å². The number of carbonyl (C=O) groups is 2. The maximum atomic E-state index is 14.0. The molecule has 7 rings (SSSR count). The highest BCUT2D eigenvalue weighted by Gasteiger charge is 2.70. The summed E-state index contributed by atoms with van der Waals surface area (Å²) in [5.74, 6) is 1.73. The lowest BCUT2D eigenvalue weighted by molar-refractivity contribution is -0.221. The van der Waals surface area contributed by atoms with Crippen molar-refractivity contribution in [2.75, 3.05) is 37.8 Å². The highest BCUT2D eigenvalue weighted by molar-refractivity contribution is 7.91. The zero-order chi connectivity index (χ0) is 38.4. The minimum Gasteiger partial charge on any atom is -0.481 e. The van der Waals surface area contributed by atoms with Gasteiger partial charge in [0.2, 0.25) is 5.91 Å². The Morgan fingerprint density at radius 1 is 0.925 bits per heavy atom. The molecule has 6 aliphatic carbocycles. The van der Waals surface area contributed by atoms with Crippen LogP contribution in [0.1, 0.15) is 125 Å². The summed E-state index contributed by atoms with van der Waals surface area (Å²) in [7, 11) is -3.08. The second kappa shape index (κ2) is 13.3. The second-order valence-electron chi connectivity index (χ2n) is 20.3. The number of hydrogen-bond donors (Lipinski definition) is 2. The van der Waals surface area contributed by atoms with E-state index in [2.05, 4.69) is 65.6 Å². The summed E-state index contributed by atoms with van der Waals surface area (Å²) >= 11 is 0. The molecule has 1 heterocycles. The van der Waals surface area contributed by atoms with Gasteiger partial charge in [-0.3, -0.25) is 9.59 Å². The summed E-state index contributed by atoms with van der Waals surface area (Å²) in [4.78, 5) is 27.4. The molecule has 4 saturated carbocycles. The molecule has 0 aromatic rings. The summed E-state index contributed by atoms with van der Waals surface area (Å²) in [6.45, 7) is 19.7. The fourth-order valence-electron chi connectivity index (χ4n) is 14.7. The summed E-state index contributed by atoms with van der Waals surface area (Å²) in [5.41, 5.74) is 2.94. The number of carboxylic acid groups (broad SMARTS) is 1. The van der Waals surface area contributed by atoms with Crippen molar-refractivity contribution in [1.82, 2.24) is 10.2 Å². The van der Waals surface area contributed by atoms with Gasteiger partial charge in [-0.25, -0.2) is 12.8 Å². The van der Waals surface area contributed by atoms with E-state index in [4.69, 9.17) is 0 Å². The van der Waals surface area contributed by atoms with Crippen LogP contribution in [-0.2, 0) is 19.4 Å². The summed E-state index contributed by atoms with van der Waals surface area (Å²) < 4.78 is 38.5. The van der Waals surface area contributed by atoms with Crippen LogP contribution in [0.5, 0.6) is 0 Å². The van der Waals surface area contributed by atoms with Crippen molar-refractivity contribution >= 4 is 21.7 Å². The molecule has 0 aromatic carbocycles. The molecule has 1 amide bonds. The Hall–Kier alpha value is -2.00. The number of allylic oxidation sites excluding steroid dienone is 5. The molecule has 7 nitrogen and oxygen atoms in total. The molecular formula is C44H67FN2O5S. The number of fused-ring (bicyclic) bond motifs is 7.